The van der Waals surface area contributed by atoms with Gasteiger partial charge in [0.1, 0.15) is 5.75 Å². The highest BCUT2D eigenvalue weighted by Crippen LogP contribution is 2.18. The summed E-state index contributed by atoms with van der Waals surface area (Å²) in [4.78, 5) is 14.2. The Balaban J connectivity index is 2.09. The van der Waals surface area contributed by atoms with E-state index in [-0.39, 0.29) is 18.6 Å². The summed E-state index contributed by atoms with van der Waals surface area (Å²) in [5.41, 5.74) is 0.580. The number of hydrogen-bond acceptors (Lipinski definition) is 4. The van der Waals surface area contributed by atoms with Crippen molar-refractivity contribution in [3.63, 3.8) is 0 Å². The summed E-state index contributed by atoms with van der Waals surface area (Å²) in [5, 5.41) is 9.36. The van der Waals surface area contributed by atoms with E-state index in [0.29, 0.717) is 43.6 Å². The van der Waals surface area contributed by atoms with Gasteiger partial charge in [0.05, 0.1) is 32.5 Å². The molecule has 1 aliphatic heterocycles. The number of benzene rings is 1. The van der Waals surface area contributed by atoms with Crippen LogP contribution in [0.5, 0.6) is 5.75 Å². The number of aliphatic hydroxyl groups excluding tert-OH is 1. The molecule has 1 fully saturated rings. The second-order valence-electron chi connectivity index (χ2n) is 5.64. The van der Waals surface area contributed by atoms with Crippen molar-refractivity contribution in [3.8, 4) is 5.75 Å². The van der Waals surface area contributed by atoms with Gasteiger partial charge >= 0.3 is 0 Å². The summed E-state index contributed by atoms with van der Waals surface area (Å²) >= 11 is 0. The number of ether oxygens (including phenoxy) is 2. The van der Waals surface area contributed by atoms with Crippen LogP contribution in [0.3, 0.4) is 0 Å². The first-order valence-corrected chi connectivity index (χ1v) is 7.34. The normalized spacial score (nSPS) is 18.9. The molecule has 1 aliphatic rings. The SMILES string of the molecule is CC(C)COc1cccc(C(=O)N2CCOCC2CO)c1. The molecule has 1 unspecified atom stereocenters. The van der Waals surface area contributed by atoms with E-state index in [1.54, 1.807) is 17.0 Å². The van der Waals surface area contributed by atoms with E-state index in [1.807, 2.05) is 12.1 Å². The summed E-state index contributed by atoms with van der Waals surface area (Å²) < 4.78 is 11.0. The first-order chi connectivity index (χ1) is 10.1. The molecule has 0 saturated carbocycles. The predicted octanol–water partition coefficient (Wildman–Crippen LogP) is 1.55. The van der Waals surface area contributed by atoms with Gasteiger partial charge in [-0.2, -0.15) is 0 Å². The van der Waals surface area contributed by atoms with Crippen molar-refractivity contribution in [2.24, 2.45) is 5.92 Å². The van der Waals surface area contributed by atoms with E-state index in [2.05, 4.69) is 13.8 Å². The van der Waals surface area contributed by atoms with Crippen molar-refractivity contribution < 1.29 is 19.4 Å². The third-order valence-corrected chi connectivity index (χ3v) is 3.36. The number of carbonyl (C=O) groups is 1. The molecule has 116 valence electrons. The molecule has 1 aromatic rings. The van der Waals surface area contributed by atoms with Gasteiger partial charge < -0.3 is 19.5 Å². The molecule has 1 amide bonds. The number of carbonyl (C=O) groups excluding carboxylic acids is 1. The Labute approximate surface area is 125 Å². The van der Waals surface area contributed by atoms with E-state index in [4.69, 9.17) is 9.47 Å². The van der Waals surface area contributed by atoms with Gasteiger partial charge in [-0.25, -0.2) is 0 Å². The summed E-state index contributed by atoms with van der Waals surface area (Å²) in [5.74, 6) is 1.04. The smallest absolute Gasteiger partial charge is 0.254 e. The number of amides is 1. The molecule has 0 spiro atoms. The molecule has 1 aromatic carbocycles. The predicted molar refractivity (Wildman–Crippen MR) is 79.5 cm³/mol. The fraction of sp³-hybridized carbons (Fsp3) is 0.562. The van der Waals surface area contributed by atoms with Crippen LogP contribution in [0.2, 0.25) is 0 Å². The molecule has 0 aromatic heterocycles. The second-order valence-corrected chi connectivity index (χ2v) is 5.64. The number of nitrogens with zero attached hydrogens (tertiary/aromatic N) is 1. The molecule has 5 nitrogen and oxygen atoms in total. The molecule has 2 rings (SSSR count). The topological polar surface area (TPSA) is 59.0 Å². The molecule has 1 atom stereocenters. The van der Waals surface area contributed by atoms with Crippen LogP contribution < -0.4 is 4.74 Å². The van der Waals surface area contributed by atoms with Gasteiger partial charge in [0.15, 0.2) is 0 Å². The van der Waals surface area contributed by atoms with Gasteiger partial charge in [0.25, 0.3) is 5.91 Å². The first kappa shape index (κ1) is 15.8. The van der Waals surface area contributed by atoms with E-state index >= 15 is 0 Å². The van der Waals surface area contributed by atoms with Gasteiger partial charge in [-0.05, 0) is 24.1 Å². The monoisotopic (exact) mass is 293 g/mol. The fourth-order valence-electron chi connectivity index (χ4n) is 2.22. The molecular formula is C16H23NO4. The summed E-state index contributed by atoms with van der Waals surface area (Å²) in [6, 6.07) is 6.93. The average molecular weight is 293 g/mol. The first-order valence-electron chi connectivity index (χ1n) is 7.34. The summed E-state index contributed by atoms with van der Waals surface area (Å²) in [7, 11) is 0. The maximum Gasteiger partial charge on any atom is 0.254 e. The van der Waals surface area contributed by atoms with Gasteiger partial charge in [-0.1, -0.05) is 19.9 Å². The molecule has 0 radical (unpaired) electrons. The molecule has 0 bridgehead atoms. The molecule has 1 heterocycles. The quantitative estimate of drug-likeness (QED) is 0.895. The standard InChI is InChI=1S/C16H23NO4/c1-12(2)10-21-15-5-3-4-13(8-15)16(19)17-6-7-20-11-14(17)9-18/h3-5,8,12,14,18H,6-7,9-11H2,1-2H3. The average Bonchev–Trinajstić information content (AvgIpc) is 2.52. The number of rotatable bonds is 5. The number of aliphatic hydroxyl groups is 1. The van der Waals surface area contributed by atoms with Crippen molar-refractivity contribution in [2.75, 3.05) is 33.0 Å². The highest BCUT2D eigenvalue weighted by atomic mass is 16.5. The van der Waals surface area contributed by atoms with Crippen LogP contribution in [0.15, 0.2) is 24.3 Å². The number of morpholine rings is 1. The van der Waals surface area contributed by atoms with Crippen LogP contribution in [0.1, 0.15) is 24.2 Å². The highest BCUT2D eigenvalue weighted by molar-refractivity contribution is 5.94. The second kappa shape index (κ2) is 7.43. The lowest BCUT2D eigenvalue weighted by Crippen LogP contribution is -2.50. The van der Waals surface area contributed by atoms with E-state index in [1.165, 1.54) is 0 Å². The Bertz CT molecular complexity index is 475. The zero-order valence-electron chi connectivity index (χ0n) is 12.6. The maximum absolute atomic E-state index is 12.6. The Kier molecular flexibility index (Phi) is 5.59. The molecule has 5 heteroatoms. The minimum atomic E-state index is -0.272. The molecule has 1 saturated heterocycles. The van der Waals surface area contributed by atoms with Crippen LogP contribution in [-0.2, 0) is 4.74 Å². The lowest BCUT2D eigenvalue weighted by Gasteiger charge is -2.34. The number of hydrogen-bond donors (Lipinski definition) is 1. The van der Waals surface area contributed by atoms with E-state index < -0.39 is 0 Å². The van der Waals surface area contributed by atoms with E-state index in [0.717, 1.165) is 0 Å². The van der Waals surface area contributed by atoms with Gasteiger partial charge in [0, 0.05) is 12.1 Å². The molecule has 1 N–H and O–H groups in total. The van der Waals surface area contributed by atoms with Gasteiger partial charge in [-0.3, -0.25) is 4.79 Å². The van der Waals surface area contributed by atoms with Crippen LogP contribution in [-0.4, -0.2) is 54.9 Å². The highest BCUT2D eigenvalue weighted by Gasteiger charge is 2.27. The Morgan fingerprint density at radius 3 is 3.05 bits per heavy atom. The van der Waals surface area contributed by atoms with Crippen molar-refractivity contribution >= 4 is 5.91 Å². The fourth-order valence-corrected chi connectivity index (χ4v) is 2.22. The summed E-state index contributed by atoms with van der Waals surface area (Å²) in [6.45, 7) is 6.08. The Morgan fingerprint density at radius 1 is 1.52 bits per heavy atom. The van der Waals surface area contributed by atoms with E-state index in [9.17, 15) is 9.90 Å². The third-order valence-electron chi connectivity index (χ3n) is 3.36. The third kappa shape index (κ3) is 4.19. The van der Waals surface area contributed by atoms with Crippen molar-refractivity contribution in [2.45, 2.75) is 19.9 Å². The molecule has 21 heavy (non-hydrogen) atoms. The molecule has 0 aliphatic carbocycles. The minimum Gasteiger partial charge on any atom is -0.493 e. The zero-order chi connectivity index (χ0) is 15.2. The lowest BCUT2D eigenvalue weighted by atomic mass is 10.1. The van der Waals surface area contributed by atoms with Gasteiger partial charge in [0.2, 0.25) is 0 Å². The minimum absolute atomic E-state index is 0.0880. The largest absolute Gasteiger partial charge is 0.493 e. The van der Waals surface area contributed by atoms with Crippen molar-refractivity contribution in [3.05, 3.63) is 29.8 Å². The zero-order valence-corrected chi connectivity index (χ0v) is 12.6. The van der Waals surface area contributed by atoms with Crippen molar-refractivity contribution in [1.29, 1.82) is 0 Å². The lowest BCUT2D eigenvalue weighted by molar-refractivity contribution is -0.0184. The molecular weight excluding hydrogens is 270 g/mol. The van der Waals surface area contributed by atoms with Gasteiger partial charge in [-0.15, -0.1) is 0 Å². The van der Waals surface area contributed by atoms with Crippen LogP contribution in [0, 0.1) is 5.92 Å². The Hall–Kier alpha value is -1.59. The van der Waals surface area contributed by atoms with Crippen molar-refractivity contribution in [1.82, 2.24) is 4.90 Å². The van der Waals surface area contributed by atoms with Crippen LogP contribution in [0.25, 0.3) is 0 Å². The van der Waals surface area contributed by atoms with Crippen LogP contribution in [0.4, 0.5) is 0 Å². The van der Waals surface area contributed by atoms with Crippen LogP contribution >= 0.6 is 0 Å². The maximum atomic E-state index is 12.6. The summed E-state index contributed by atoms with van der Waals surface area (Å²) in [6.07, 6.45) is 0. The Morgan fingerprint density at radius 2 is 2.33 bits per heavy atom.